The van der Waals surface area contributed by atoms with E-state index in [-0.39, 0.29) is 0 Å². The second-order valence-electron chi connectivity index (χ2n) is 11.9. The van der Waals surface area contributed by atoms with Crippen molar-refractivity contribution in [1.29, 1.82) is 0 Å². The van der Waals surface area contributed by atoms with E-state index >= 15 is 0 Å². The predicted molar refractivity (Wildman–Crippen MR) is 157 cm³/mol. The number of hydrogen-bond acceptors (Lipinski definition) is 3. The van der Waals surface area contributed by atoms with Crippen LogP contribution in [0.2, 0.25) is 0 Å². The van der Waals surface area contributed by atoms with Gasteiger partial charge in [0.15, 0.2) is 0 Å². The van der Waals surface area contributed by atoms with Crippen LogP contribution < -0.4 is 10.2 Å². The van der Waals surface area contributed by atoms with Crippen molar-refractivity contribution in [2.45, 2.75) is 44.3 Å². The van der Waals surface area contributed by atoms with E-state index < -0.39 is 23.7 Å². The second kappa shape index (κ2) is 7.62. The van der Waals surface area contributed by atoms with Crippen molar-refractivity contribution in [1.82, 2.24) is 0 Å². The molecule has 39 heavy (non-hydrogen) atoms. The molecule has 0 radical (unpaired) electrons. The molecule has 4 heteroatoms. The molecule has 0 N–H and O–H groups in total. The van der Waals surface area contributed by atoms with Gasteiger partial charge in [-0.15, -0.1) is 0 Å². The van der Waals surface area contributed by atoms with Crippen LogP contribution in [0.3, 0.4) is 0 Å². The summed E-state index contributed by atoms with van der Waals surface area (Å²) in [6.45, 7) is 8.35. The molecule has 2 aliphatic heterocycles. The Balaban J connectivity index is 1.44. The molecule has 0 bridgehead atoms. The maximum Gasteiger partial charge on any atom is 0.494 e. The summed E-state index contributed by atoms with van der Waals surface area (Å²) in [5.74, 6) is 1.73. The highest BCUT2D eigenvalue weighted by molar-refractivity contribution is 6.62. The van der Waals surface area contributed by atoms with E-state index in [4.69, 9.17) is 14.0 Å². The van der Waals surface area contributed by atoms with Crippen molar-refractivity contribution in [3.63, 3.8) is 0 Å². The van der Waals surface area contributed by atoms with Gasteiger partial charge in [0.1, 0.15) is 11.5 Å². The molecule has 5 aromatic rings. The van der Waals surface area contributed by atoms with Crippen LogP contribution in [0, 0.1) is 0 Å². The van der Waals surface area contributed by atoms with Crippen molar-refractivity contribution in [3.05, 3.63) is 125 Å². The van der Waals surface area contributed by atoms with Crippen molar-refractivity contribution < 1.29 is 14.0 Å². The van der Waals surface area contributed by atoms with Crippen LogP contribution in [0.5, 0.6) is 11.5 Å². The summed E-state index contributed by atoms with van der Waals surface area (Å²) in [6.07, 6.45) is 0. The van der Waals surface area contributed by atoms with Gasteiger partial charge in [0, 0.05) is 11.1 Å². The SMILES string of the molecule is CC1(C)OB(c2ccc3c(c2)Oc2ccccc2C32c3ccccc3-c3ccc4ccccc4c32)OC1(C)C. The summed E-state index contributed by atoms with van der Waals surface area (Å²) in [5.41, 5.74) is 7.11. The molecule has 1 fully saturated rings. The molecule has 0 aromatic heterocycles. The van der Waals surface area contributed by atoms with Crippen molar-refractivity contribution in [3.8, 4) is 22.6 Å². The van der Waals surface area contributed by atoms with Gasteiger partial charge in [0.25, 0.3) is 0 Å². The molecule has 1 spiro atoms. The molecule has 3 nitrogen and oxygen atoms in total. The quantitative estimate of drug-likeness (QED) is 0.214. The van der Waals surface area contributed by atoms with Crippen LogP contribution in [0.15, 0.2) is 103 Å². The van der Waals surface area contributed by atoms with E-state index in [9.17, 15) is 0 Å². The van der Waals surface area contributed by atoms with E-state index in [0.717, 1.165) is 22.5 Å². The summed E-state index contributed by atoms with van der Waals surface area (Å²) >= 11 is 0. The van der Waals surface area contributed by atoms with Gasteiger partial charge in [-0.2, -0.15) is 0 Å². The van der Waals surface area contributed by atoms with Gasteiger partial charge in [-0.3, -0.25) is 0 Å². The summed E-state index contributed by atoms with van der Waals surface area (Å²) in [7, 11) is -0.457. The average Bonchev–Trinajstić information content (AvgIpc) is 3.36. The smallest absolute Gasteiger partial charge is 0.457 e. The first kappa shape index (κ1) is 23.1. The van der Waals surface area contributed by atoms with E-state index in [2.05, 4.69) is 131 Å². The van der Waals surface area contributed by atoms with Gasteiger partial charge in [-0.05, 0) is 78.3 Å². The second-order valence-corrected chi connectivity index (χ2v) is 11.9. The number of rotatable bonds is 1. The first-order chi connectivity index (χ1) is 18.8. The van der Waals surface area contributed by atoms with Crippen molar-refractivity contribution in [2.75, 3.05) is 0 Å². The van der Waals surface area contributed by atoms with Gasteiger partial charge >= 0.3 is 7.12 Å². The van der Waals surface area contributed by atoms with Gasteiger partial charge < -0.3 is 14.0 Å². The van der Waals surface area contributed by atoms with Crippen LogP contribution in [0.4, 0.5) is 0 Å². The van der Waals surface area contributed by atoms with Gasteiger partial charge in [0.05, 0.1) is 16.6 Å². The zero-order chi connectivity index (χ0) is 26.6. The Morgan fingerprint density at radius 3 is 2.05 bits per heavy atom. The molecule has 3 aliphatic rings. The third-order valence-electron chi connectivity index (χ3n) is 9.37. The lowest BCUT2D eigenvalue weighted by Gasteiger charge is -2.40. The number of ether oxygens (including phenoxy) is 1. The molecule has 1 aliphatic carbocycles. The Labute approximate surface area is 229 Å². The third kappa shape index (κ3) is 2.91. The normalized spacial score (nSPS) is 21.3. The highest BCUT2D eigenvalue weighted by atomic mass is 16.7. The molecule has 1 atom stereocenters. The van der Waals surface area contributed by atoms with Crippen LogP contribution in [0.1, 0.15) is 49.9 Å². The molecule has 1 unspecified atom stereocenters. The molecule has 1 saturated heterocycles. The van der Waals surface area contributed by atoms with Crippen LogP contribution >= 0.6 is 0 Å². The minimum atomic E-state index is -0.509. The van der Waals surface area contributed by atoms with Gasteiger partial charge in [-0.1, -0.05) is 91.0 Å². The fraction of sp³-hybridized carbons (Fsp3) is 0.200. The van der Waals surface area contributed by atoms with Gasteiger partial charge in [0.2, 0.25) is 0 Å². The highest BCUT2D eigenvalue weighted by Crippen LogP contribution is 2.63. The first-order valence-corrected chi connectivity index (χ1v) is 13.7. The largest absolute Gasteiger partial charge is 0.494 e. The van der Waals surface area contributed by atoms with Crippen LogP contribution in [-0.2, 0) is 14.7 Å². The Morgan fingerprint density at radius 2 is 1.23 bits per heavy atom. The van der Waals surface area contributed by atoms with Crippen molar-refractivity contribution in [2.24, 2.45) is 0 Å². The third-order valence-corrected chi connectivity index (χ3v) is 9.37. The Kier molecular flexibility index (Phi) is 4.51. The maximum atomic E-state index is 6.70. The molecule has 0 amide bonds. The van der Waals surface area contributed by atoms with E-state index in [1.165, 1.54) is 38.6 Å². The van der Waals surface area contributed by atoms with Crippen LogP contribution in [0.25, 0.3) is 21.9 Å². The monoisotopic (exact) mass is 508 g/mol. The van der Waals surface area contributed by atoms with E-state index in [0.29, 0.717) is 0 Å². The Hall–Kier alpha value is -3.86. The van der Waals surface area contributed by atoms with E-state index in [1.54, 1.807) is 0 Å². The molecular formula is C35H29BO3. The zero-order valence-electron chi connectivity index (χ0n) is 22.6. The van der Waals surface area contributed by atoms with Gasteiger partial charge in [-0.25, -0.2) is 0 Å². The lowest BCUT2D eigenvalue weighted by molar-refractivity contribution is 0.00578. The minimum Gasteiger partial charge on any atom is -0.457 e. The molecule has 2 heterocycles. The fourth-order valence-corrected chi connectivity index (χ4v) is 6.83. The van der Waals surface area contributed by atoms with Crippen molar-refractivity contribution >= 4 is 23.4 Å². The fourth-order valence-electron chi connectivity index (χ4n) is 6.83. The highest BCUT2D eigenvalue weighted by Gasteiger charge is 2.54. The molecule has 8 rings (SSSR count). The lowest BCUT2D eigenvalue weighted by atomic mass is 9.64. The maximum absolute atomic E-state index is 6.70. The molecule has 0 saturated carbocycles. The predicted octanol–water partition coefficient (Wildman–Crippen LogP) is 7.61. The average molecular weight is 508 g/mol. The summed E-state index contributed by atoms with van der Waals surface area (Å²) in [6, 6.07) is 37.1. The molecular weight excluding hydrogens is 479 g/mol. The summed E-state index contributed by atoms with van der Waals surface area (Å²) in [4.78, 5) is 0. The summed E-state index contributed by atoms with van der Waals surface area (Å²) in [5, 5.41) is 2.51. The Bertz CT molecular complexity index is 1800. The lowest BCUT2D eigenvalue weighted by Crippen LogP contribution is -2.41. The summed E-state index contributed by atoms with van der Waals surface area (Å²) < 4.78 is 19.5. The number of hydrogen-bond donors (Lipinski definition) is 0. The standard InChI is InChI=1S/C35H29BO3/c1-33(2)34(3,4)39-36(38-33)23-18-20-29-31(21-23)37-30-16-10-9-15-28(30)35(29)27-14-8-7-13-25(27)26-19-17-22-11-5-6-12-24(22)32(26)35/h5-21H,1-4H3. The zero-order valence-corrected chi connectivity index (χ0v) is 22.6. The minimum absolute atomic E-state index is 0.412. The van der Waals surface area contributed by atoms with Crippen LogP contribution in [-0.4, -0.2) is 18.3 Å². The first-order valence-electron chi connectivity index (χ1n) is 13.7. The number of para-hydroxylation sites is 1. The molecule has 190 valence electrons. The molecule has 5 aromatic carbocycles. The number of fused-ring (bicyclic) bond motifs is 11. The topological polar surface area (TPSA) is 27.7 Å². The Morgan fingerprint density at radius 1 is 0.564 bits per heavy atom. The number of benzene rings is 5. The van der Waals surface area contributed by atoms with E-state index in [1.807, 2.05) is 0 Å².